The summed E-state index contributed by atoms with van der Waals surface area (Å²) in [7, 11) is 0. The van der Waals surface area contributed by atoms with E-state index < -0.39 is 33.5 Å². The summed E-state index contributed by atoms with van der Waals surface area (Å²) in [6, 6.07) is 0. The molecule has 4 saturated carbocycles. The number of carboxylic acid groups (broad SMARTS) is 2. The van der Waals surface area contributed by atoms with Crippen LogP contribution in [0.15, 0.2) is 0 Å². The molecule has 20 heavy (non-hydrogen) atoms. The topological polar surface area (TPSA) is 74.6 Å². The van der Waals surface area contributed by atoms with Crippen molar-refractivity contribution >= 4 is 35.1 Å². The Balaban J connectivity index is 1.97. The normalized spacial score (nSPS) is 45.1. The molecule has 0 aromatic rings. The van der Waals surface area contributed by atoms with E-state index in [0.717, 1.165) is 32.1 Å². The molecule has 4 atom stereocenters. The molecule has 4 fully saturated rings. The molecule has 0 aliphatic heterocycles. The van der Waals surface area contributed by atoms with Crippen LogP contribution in [0.4, 0.5) is 0 Å². The molecule has 0 amide bonds. The molecule has 0 aromatic heterocycles. The Labute approximate surface area is 127 Å². The zero-order chi connectivity index (χ0) is 14.7. The van der Waals surface area contributed by atoms with Gasteiger partial charge in [-0.2, -0.15) is 0 Å². The summed E-state index contributed by atoms with van der Waals surface area (Å²) in [5.41, 5.74) is -0.944. The fraction of sp³-hybridized carbons (Fsp3) is 0.857. The van der Waals surface area contributed by atoms with Gasteiger partial charge in [-0.15, -0.1) is 23.2 Å². The molecule has 2 N–H and O–H groups in total. The van der Waals surface area contributed by atoms with Crippen LogP contribution in [0.25, 0.3) is 0 Å². The van der Waals surface area contributed by atoms with E-state index in [1.165, 1.54) is 0 Å². The highest BCUT2D eigenvalue weighted by molar-refractivity contribution is 6.31. The maximum Gasteiger partial charge on any atom is 0.322 e. The fourth-order valence-corrected chi connectivity index (χ4v) is 6.03. The van der Waals surface area contributed by atoms with E-state index in [-0.39, 0.29) is 0 Å². The molecule has 4 aliphatic rings. The second kappa shape index (κ2) is 4.51. The van der Waals surface area contributed by atoms with Crippen molar-refractivity contribution in [3.63, 3.8) is 0 Å². The first kappa shape index (κ1) is 14.5. The van der Waals surface area contributed by atoms with Gasteiger partial charge in [0.2, 0.25) is 0 Å². The van der Waals surface area contributed by atoms with Crippen molar-refractivity contribution in [2.75, 3.05) is 0 Å². The standard InChI is InChI=1S/C14H18Cl2O4/c15-9(11(17)18)13-2-7-1-8(4-13)5-14(3-7,6-13)10(16)12(19)20/h7-10H,1-6H2,(H,17,18)(H,19,20)/t7?,8?,9-,10+,13?,14?. The number of aliphatic carboxylic acids is 2. The van der Waals surface area contributed by atoms with Crippen molar-refractivity contribution < 1.29 is 19.8 Å². The Morgan fingerprint density at radius 2 is 1.25 bits per heavy atom. The molecule has 4 bridgehead atoms. The summed E-state index contributed by atoms with van der Waals surface area (Å²) >= 11 is 12.4. The van der Waals surface area contributed by atoms with Crippen LogP contribution < -0.4 is 0 Å². The van der Waals surface area contributed by atoms with Crippen molar-refractivity contribution in [3.8, 4) is 0 Å². The Morgan fingerprint density at radius 1 is 0.900 bits per heavy atom. The van der Waals surface area contributed by atoms with Crippen molar-refractivity contribution in [2.45, 2.75) is 49.3 Å². The lowest BCUT2D eigenvalue weighted by Crippen LogP contribution is -2.60. The van der Waals surface area contributed by atoms with Crippen LogP contribution in [0.2, 0.25) is 0 Å². The molecule has 0 heterocycles. The second-order valence-corrected chi connectivity index (χ2v) is 7.96. The third-order valence-electron chi connectivity index (χ3n) is 5.66. The van der Waals surface area contributed by atoms with Gasteiger partial charge in [0, 0.05) is 0 Å². The Bertz CT molecular complexity index is 412. The Kier molecular flexibility index (Phi) is 3.26. The Hall–Kier alpha value is -0.480. The van der Waals surface area contributed by atoms with Crippen LogP contribution in [0.5, 0.6) is 0 Å². The first-order valence-electron chi connectivity index (χ1n) is 7.02. The molecule has 2 unspecified atom stereocenters. The summed E-state index contributed by atoms with van der Waals surface area (Å²) < 4.78 is 0. The van der Waals surface area contributed by atoms with E-state index in [4.69, 9.17) is 23.2 Å². The number of hydrogen-bond donors (Lipinski definition) is 2. The maximum absolute atomic E-state index is 11.3. The van der Waals surface area contributed by atoms with Crippen LogP contribution in [0.3, 0.4) is 0 Å². The van der Waals surface area contributed by atoms with Gasteiger partial charge in [-0.05, 0) is 61.2 Å². The quantitative estimate of drug-likeness (QED) is 0.781. The van der Waals surface area contributed by atoms with Gasteiger partial charge in [0.1, 0.15) is 10.8 Å². The van der Waals surface area contributed by atoms with Gasteiger partial charge in [-0.25, -0.2) is 0 Å². The molecule has 0 radical (unpaired) electrons. The zero-order valence-corrected chi connectivity index (χ0v) is 12.5. The molecule has 4 nitrogen and oxygen atoms in total. The molecule has 0 spiro atoms. The predicted molar refractivity (Wildman–Crippen MR) is 74.1 cm³/mol. The van der Waals surface area contributed by atoms with Crippen LogP contribution >= 0.6 is 23.2 Å². The largest absolute Gasteiger partial charge is 0.480 e. The number of rotatable bonds is 4. The van der Waals surface area contributed by atoms with Crippen molar-refractivity contribution in [3.05, 3.63) is 0 Å². The number of alkyl halides is 2. The number of hydrogen-bond acceptors (Lipinski definition) is 2. The van der Waals surface area contributed by atoms with Gasteiger partial charge in [0.05, 0.1) is 0 Å². The highest BCUT2D eigenvalue weighted by atomic mass is 35.5. The molecule has 4 rings (SSSR count). The summed E-state index contributed by atoms with van der Waals surface area (Å²) in [5, 5.41) is 16.7. The molecule has 0 aromatic carbocycles. The summed E-state index contributed by atoms with van der Waals surface area (Å²) in [5.74, 6) is -1.25. The van der Waals surface area contributed by atoms with E-state index in [1.54, 1.807) is 0 Å². The van der Waals surface area contributed by atoms with E-state index in [2.05, 4.69) is 0 Å². The van der Waals surface area contributed by atoms with Crippen molar-refractivity contribution in [1.29, 1.82) is 0 Å². The van der Waals surface area contributed by atoms with E-state index in [9.17, 15) is 19.8 Å². The third kappa shape index (κ3) is 1.95. The lowest BCUT2D eigenvalue weighted by molar-refractivity contribution is -0.158. The van der Waals surface area contributed by atoms with Gasteiger partial charge >= 0.3 is 11.9 Å². The first-order valence-corrected chi connectivity index (χ1v) is 7.89. The average Bonchev–Trinajstić information content (AvgIpc) is 2.35. The number of halogens is 2. The predicted octanol–water partition coefficient (Wildman–Crippen LogP) is 2.96. The molecular formula is C14H18Cl2O4. The molecular weight excluding hydrogens is 303 g/mol. The van der Waals surface area contributed by atoms with E-state index >= 15 is 0 Å². The monoisotopic (exact) mass is 320 g/mol. The smallest absolute Gasteiger partial charge is 0.322 e. The minimum Gasteiger partial charge on any atom is -0.480 e. The minimum absolute atomic E-state index is 0.373. The fourth-order valence-electron chi connectivity index (χ4n) is 5.52. The SMILES string of the molecule is O=C(O)[C@@H](Cl)C12CC3CC(C1)CC([C@@H](Cl)C(=O)O)(C3)C2. The van der Waals surface area contributed by atoms with E-state index in [0.29, 0.717) is 18.3 Å². The zero-order valence-electron chi connectivity index (χ0n) is 11.0. The van der Waals surface area contributed by atoms with Gasteiger partial charge in [0.25, 0.3) is 0 Å². The van der Waals surface area contributed by atoms with E-state index in [1.807, 2.05) is 0 Å². The molecule has 4 aliphatic carbocycles. The second-order valence-electron chi connectivity index (χ2n) is 7.09. The maximum atomic E-state index is 11.3. The molecule has 112 valence electrons. The van der Waals surface area contributed by atoms with Crippen molar-refractivity contribution in [2.24, 2.45) is 22.7 Å². The van der Waals surface area contributed by atoms with Crippen LogP contribution in [-0.2, 0) is 9.59 Å². The summed E-state index contributed by atoms with van der Waals surface area (Å²) in [4.78, 5) is 22.7. The van der Waals surface area contributed by atoms with Crippen molar-refractivity contribution in [1.82, 2.24) is 0 Å². The third-order valence-corrected chi connectivity index (χ3v) is 6.96. The molecule has 0 saturated heterocycles. The van der Waals surface area contributed by atoms with Gasteiger partial charge in [-0.3, -0.25) is 9.59 Å². The highest BCUT2D eigenvalue weighted by Crippen LogP contribution is 2.68. The average molecular weight is 321 g/mol. The summed E-state index contributed by atoms with van der Waals surface area (Å²) in [6.45, 7) is 0. The lowest BCUT2D eigenvalue weighted by Gasteiger charge is -2.63. The lowest BCUT2D eigenvalue weighted by atomic mass is 9.42. The highest BCUT2D eigenvalue weighted by Gasteiger charge is 2.63. The van der Waals surface area contributed by atoms with Gasteiger partial charge < -0.3 is 10.2 Å². The number of carbonyl (C=O) groups is 2. The minimum atomic E-state index is -0.995. The number of carboxylic acids is 2. The van der Waals surface area contributed by atoms with Crippen LogP contribution in [0, 0.1) is 22.7 Å². The molecule has 6 heteroatoms. The summed E-state index contributed by atoms with van der Waals surface area (Å²) in [6.07, 6.45) is 4.80. The van der Waals surface area contributed by atoms with Crippen LogP contribution in [0.1, 0.15) is 38.5 Å². The van der Waals surface area contributed by atoms with Gasteiger partial charge in [-0.1, -0.05) is 0 Å². The first-order chi connectivity index (χ1) is 9.28. The van der Waals surface area contributed by atoms with Gasteiger partial charge in [0.15, 0.2) is 0 Å². The Morgan fingerprint density at radius 3 is 1.55 bits per heavy atom. The van der Waals surface area contributed by atoms with Crippen LogP contribution in [-0.4, -0.2) is 32.9 Å².